The van der Waals surface area contributed by atoms with Crippen molar-refractivity contribution in [3.63, 3.8) is 0 Å². The molecule has 0 bridgehead atoms. The van der Waals surface area contributed by atoms with Crippen LogP contribution < -0.4 is 5.32 Å². The first-order valence-corrected chi connectivity index (χ1v) is 5.65. The summed E-state index contributed by atoms with van der Waals surface area (Å²) < 4.78 is 0. The Morgan fingerprint density at radius 3 is 2.31 bits per heavy atom. The quantitative estimate of drug-likeness (QED) is 0.675. The molecule has 0 heterocycles. The van der Waals surface area contributed by atoms with Crippen LogP contribution in [0.4, 0.5) is 0 Å². The predicted molar refractivity (Wildman–Crippen MR) is 62.2 cm³/mol. The molecule has 2 unspecified atom stereocenters. The molecular weight excluding hydrogens is 208 g/mol. The highest BCUT2D eigenvalue weighted by molar-refractivity contribution is 5.83. The minimum Gasteiger partial charge on any atom is -0.480 e. The molecule has 2 atom stereocenters. The zero-order valence-corrected chi connectivity index (χ0v) is 10.5. The van der Waals surface area contributed by atoms with Gasteiger partial charge in [0.25, 0.3) is 0 Å². The first-order valence-electron chi connectivity index (χ1n) is 5.65. The Bertz CT molecular complexity index is 243. The Morgan fingerprint density at radius 2 is 1.94 bits per heavy atom. The Morgan fingerprint density at radius 1 is 1.38 bits per heavy atom. The summed E-state index contributed by atoms with van der Waals surface area (Å²) in [4.78, 5) is 23.9. The minimum absolute atomic E-state index is 0.0752. The molecule has 2 N–H and O–H groups in total. The summed E-state index contributed by atoms with van der Waals surface area (Å²) in [7, 11) is 1.54. The van der Waals surface area contributed by atoms with Crippen molar-refractivity contribution in [3.8, 4) is 0 Å². The SMILES string of the molecule is CCNC(C)CC(=O)N(C)C(CC)C(=O)O. The molecule has 0 spiro atoms. The lowest BCUT2D eigenvalue weighted by molar-refractivity contribution is -0.149. The summed E-state index contributed by atoms with van der Waals surface area (Å²) in [5.41, 5.74) is 0. The van der Waals surface area contributed by atoms with Crippen molar-refractivity contribution in [2.45, 2.75) is 45.7 Å². The van der Waals surface area contributed by atoms with Crippen molar-refractivity contribution in [1.82, 2.24) is 10.2 Å². The van der Waals surface area contributed by atoms with Gasteiger partial charge in [-0.15, -0.1) is 0 Å². The molecule has 5 nitrogen and oxygen atoms in total. The Labute approximate surface area is 96.8 Å². The molecular formula is C11H22N2O3. The second-order valence-electron chi connectivity index (χ2n) is 3.93. The summed E-state index contributed by atoms with van der Waals surface area (Å²) in [6.07, 6.45) is 0.751. The fraction of sp³-hybridized carbons (Fsp3) is 0.818. The number of rotatable bonds is 7. The Hall–Kier alpha value is -1.10. The van der Waals surface area contributed by atoms with Crippen LogP contribution in [0.15, 0.2) is 0 Å². The number of carboxylic acids is 1. The number of carbonyl (C=O) groups excluding carboxylic acids is 1. The number of hydrogen-bond donors (Lipinski definition) is 2. The number of likely N-dealkylation sites (N-methyl/N-ethyl adjacent to an activating group) is 1. The van der Waals surface area contributed by atoms with Gasteiger partial charge in [-0.1, -0.05) is 13.8 Å². The highest BCUT2D eigenvalue weighted by Gasteiger charge is 2.25. The van der Waals surface area contributed by atoms with Crippen LogP contribution in [0, 0.1) is 0 Å². The van der Waals surface area contributed by atoms with Gasteiger partial charge in [-0.3, -0.25) is 4.79 Å². The smallest absolute Gasteiger partial charge is 0.326 e. The van der Waals surface area contributed by atoms with Crippen LogP contribution >= 0.6 is 0 Å². The van der Waals surface area contributed by atoms with E-state index in [1.807, 2.05) is 13.8 Å². The van der Waals surface area contributed by atoms with Crippen LogP contribution in [0.1, 0.15) is 33.6 Å². The molecule has 0 rings (SSSR count). The lowest BCUT2D eigenvalue weighted by atomic mass is 10.1. The molecule has 0 aliphatic rings. The number of nitrogens with one attached hydrogen (secondary N) is 1. The molecule has 0 aromatic heterocycles. The zero-order chi connectivity index (χ0) is 12.7. The van der Waals surface area contributed by atoms with E-state index in [2.05, 4.69) is 5.32 Å². The molecule has 0 radical (unpaired) electrons. The first-order chi connectivity index (χ1) is 7.43. The molecule has 0 aliphatic carbocycles. The predicted octanol–water partition coefficient (Wildman–Crippen LogP) is 0.696. The monoisotopic (exact) mass is 230 g/mol. The van der Waals surface area contributed by atoms with Gasteiger partial charge in [0.15, 0.2) is 0 Å². The summed E-state index contributed by atoms with van der Waals surface area (Å²) in [6, 6.07) is -0.646. The van der Waals surface area contributed by atoms with Gasteiger partial charge in [0, 0.05) is 19.5 Å². The molecule has 0 aromatic carbocycles. The number of carbonyl (C=O) groups is 2. The molecule has 0 saturated heterocycles. The van der Waals surface area contributed by atoms with E-state index in [-0.39, 0.29) is 11.9 Å². The van der Waals surface area contributed by atoms with Crippen LogP contribution in [0.5, 0.6) is 0 Å². The van der Waals surface area contributed by atoms with E-state index >= 15 is 0 Å². The number of aliphatic carboxylic acids is 1. The fourth-order valence-electron chi connectivity index (χ4n) is 1.61. The van der Waals surface area contributed by atoms with Gasteiger partial charge in [-0.25, -0.2) is 4.79 Å². The van der Waals surface area contributed by atoms with Crippen LogP contribution in [0.3, 0.4) is 0 Å². The number of amides is 1. The molecule has 1 amide bonds. The third-order valence-corrected chi connectivity index (χ3v) is 2.57. The molecule has 0 saturated carbocycles. The van der Waals surface area contributed by atoms with Crippen molar-refractivity contribution in [2.75, 3.05) is 13.6 Å². The summed E-state index contributed by atoms with van der Waals surface area (Å²) >= 11 is 0. The fourth-order valence-corrected chi connectivity index (χ4v) is 1.61. The van der Waals surface area contributed by atoms with Gasteiger partial charge in [-0.05, 0) is 19.9 Å². The average Bonchev–Trinajstić information content (AvgIpc) is 2.18. The molecule has 5 heteroatoms. The maximum absolute atomic E-state index is 11.8. The molecule has 0 aromatic rings. The zero-order valence-electron chi connectivity index (χ0n) is 10.5. The van der Waals surface area contributed by atoms with Crippen molar-refractivity contribution in [2.24, 2.45) is 0 Å². The molecule has 16 heavy (non-hydrogen) atoms. The Balaban J connectivity index is 4.31. The third-order valence-electron chi connectivity index (χ3n) is 2.57. The molecule has 94 valence electrons. The topological polar surface area (TPSA) is 69.6 Å². The average molecular weight is 230 g/mol. The van der Waals surface area contributed by atoms with Crippen molar-refractivity contribution in [1.29, 1.82) is 0 Å². The van der Waals surface area contributed by atoms with Gasteiger partial charge >= 0.3 is 5.97 Å². The van der Waals surface area contributed by atoms with E-state index in [9.17, 15) is 9.59 Å². The summed E-state index contributed by atoms with van der Waals surface area (Å²) in [5.74, 6) is -1.09. The molecule has 0 aliphatic heterocycles. The normalized spacial score (nSPS) is 14.2. The second-order valence-corrected chi connectivity index (χ2v) is 3.93. The third kappa shape index (κ3) is 4.61. The second kappa shape index (κ2) is 7.22. The summed E-state index contributed by atoms with van der Waals surface area (Å²) in [6.45, 7) is 6.44. The van der Waals surface area contributed by atoms with Crippen LogP contribution in [0.25, 0.3) is 0 Å². The van der Waals surface area contributed by atoms with Gasteiger partial charge in [0.05, 0.1) is 0 Å². The summed E-state index contributed by atoms with van der Waals surface area (Å²) in [5, 5.41) is 12.0. The van der Waals surface area contributed by atoms with E-state index < -0.39 is 12.0 Å². The lowest BCUT2D eigenvalue weighted by Crippen LogP contribution is -2.44. The van der Waals surface area contributed by atoms with Crippen LogP contribution in [0.2, 0.25) is 0 Å². The highest BCUT2D eigenvalue weighted by Crippen LogP contribution is 2.05. The minimum atomic E-state index is -0.950. The maximum atomic E-state index is 11.8. The Kier molecular flexibility index (Phi) is 6.72. The largest absolute Gasteiger partial charge is 0.480 e. The molecule has 0 fully saturated rings. The van der Waals surface area contributed by atoms with Crippen LogP contribution in [-0.2, 0) is 9.59 Å². The van der Waals surface area contributed by atoms with Gasteiger partial charge in [0.1, 0.15) is 6.04 Å². The number of nitrogens with zero attached hydrogens (tertiary/aromatic N) is 1. The van der Waals surface area contributed by atoms with E-state index in [0.29, 0.717) is 12.8 Å². The van der Waals surface area contributed by atoms with E-state index in [1.165, 1.54) is 4.90 Å². The van der Waals surface area contributed by atoms with Gasteiger partial charge in [-0.2, -0.15) is 0 Å². The van der Waals surface area contributed by atoms with E-state index in [0.717, 1.165) is 6.54 Å². The van der Waals surface area contributed by atoms with Crippen molar-refractivity contribution < 1.29 is 14.7 Å². The van der Waals surface area contributed by atoms with Crippen molar-refractivity contribution >= 4 is 11.9 Å². The van der Waals surface area contributed by atoms with E-state index in [4.69, 9.17) is 5.11 Å². The first kappa shape index (κ1) is 14.9. The number of carboxylic acid groups (broad SMARTS) is 1. The van der Waals surface area contributed by atoms with Gasteiger partial charge in [0.2, 0.25) is 5.91 Å². The highest BCUT2D eigenvalue weighted by atomic mass is 16.4. The van der Waals surface area contributed by atoms with E-state index in [1.54, 1.807) is 14.0 Å². The van der Waals surface area contributed by atoms with Crippen LogP contribution in [-0.4, -0.2) is 47.6 Å². The standard InChI is InChI=1S/C11H22N2O3/c1-5-9(11(15)16)13(4)10(14)7-8(3)12-6-2/h8-9,12H,5-7H2,1-4H3,(H,15,16). The van der Waals surface area contributed by atoms with Crippen molar-refractivity contribution in [3.05, 3.63) is 0 Å². The maximum Gasteiger partial charge on any atom is 0.326 e. The van der Waals surface area contributed by atoms with Gasteiger partial charge < -0.3 is 15.3 Å². The lowest BCUT2D eigenvalue weighted by Gasteiger charge is -2.25. The number of hydrogen-bond acceptors (Lipinski definition) is 3.